The first kappa shape index (κ1) is 37.5. The number of oxime groups is 1. The molecule has 0 bridgehead atoms. The number of amides is 1. The van der Waals surface area contributed by atoms with Gasteiger partial charge in [-0.25, -0.2) is 0 Å². The average Bonchev–Trinajstić information content (AvgIpc) is 3.69. The Morgan fingerprint density at radius 3 is 2.06 bits per heavy atom. The molecule has 4 aromatic carbocycles. The fraction of sp³-hybridized carbons (Fsp3) is 0.317. The highest BCUT2D eigenvalue weighted by Crippen LogP contribution is 2.44. The Morgan fingerprint density at radius 1 is 0.759 bits per heavy atom. The van der Waals surface area contributed by atoms with Crippen molar-refractivity contribution in [3.63, 3.8) is 0 Å². The number of hydrogen-bond acceptors (Lipinski definition) is 12. The van der Waals surface area contributed by atoms with Gasteiger partial charge >= 0.3 is 0 Å². The number of aryl methyl sites for hydroxylation is 1. The molecule has 0 aromatic heterocycles. The molecular weight excluding hydrogens is 694 g/mol. The first-order valence-corrected chi connectivity index (χ1v) is 17.3. The van der Waals surface area contributed by atoms with E-state index in [1.807, 2.05) is 67.6 Å². The van der Waals surface area contributed by atoms with Gasteiger partial charge in [-0.2, -0.15) is 0 Å². The first-order chi connectivity index (χ1) is 26.2. The van der Waals surface area contributed by atoms with Crippen LogP contribution in [-0.2, 0) is 4.84 Å². The number of allylic oxidation sites excluding steroid dienone is 1. The van der Waals surface area contributed by atoms with E-state index in [-0.39, 0.29) is 12.0 Å². The van der Waals surface area contributed by atoms with Gasteiger partial charge in [-0.15, -0.1) is 0 Å². The predicted molar refractivity (Wildman–Crippen MR) is 203 cm³/mol. The third kappa shape index (κ3) is 7.89. The number of fused-ring (bicyclic) bond motifs is 1. The number of nitrogens with zero attached hydrogens (tertiary/aromatic N) is 1. The summed E-state index contributed by atoms with van der Waals surface area (Å²) >= 11 is 0. The lowest BCUT2D eigenvalue weighted by atomic mass is 9.99. The Balaban J connectivity index is 1.05. The van der Waals surface area contributed by atoms with Gasteiger partial charge in [0.05, 0.1) is 66.3 Å². The van der Waals surface area contributed by atoms with Crippen LogP contribution in [0.4, 0.5) is 5.69 Å². The van der Waals surface area contributed by atoms with Gasteiger partial charge in [0.1, 0.15) is 6.17 Å². The maximum atomic E-state index is 12.8. The summed E-state index contributed by atoms with van der Waals surface area (Å²) in [6.07, 6.45) is 0.806. The van der Waals surface area contributed by atoms with Gasteiger partial charge in [0.2, 0.25) is 11.5 Å². The molecule has 0 spiro atoms. The molecule has 13 heteroatoms. The lowest BCUT2D eigenvalue weighted by molar-refractivity contribution is 0.0853. The molecule has 13 nitrogen and oxygen atoms in total. The van der Waals surface area contributed by atoms with E-state index in [4.69, 9.17) is 42.7 Å². The summed E-state index contributed by atoms with van der Waals surface area (Å²) in [4.78, 5) is 18.6. The van der Waals surface area contributed by atoms with Crippen molar-refractivity contribution in [2.45, 2.75) is 38.5 Å². The molecule has 2 aliphatic heterocycles. The quantitative estimate of drug-likeness (QED) is 0.0873. The highest BCUT2D eigenvalue weighted by atomic mass is 16.6. The summed E-state index contributed by atoms with van der Waals surface area (Å²) in [6.45, 7) is 6.46. The minimum atomic E-state index is -0.413. The molecule has 54 heavy (non-hydrogen) atoms. The topological polar surface area (TPSA) is 137 Å². The number of hydrogen-bond donors (Lipinski definition) is 2. The van der Waals surface area contributed by atoms with E-state index in [0.29, 0.717) is 88.9 Å². The van der Waals surface area contributed by atoms with E-state index in [9.17, 15) is 4.79 Å². The lowest BCUT2D eigenvalue weighted by Gasteiger charge is -2.28. The van der Waals surface area contributed by atoms with E-state index in [0.717, 1.165) is 27.9 Å². The number of rotatable bonds is 16. The van der Waals surface area contributed by atoms with E-state index in [1.165, 1.54) is 0 Å². The lowest BCUT2D eigenvalue weighted by Crippen LogP contribution is -2.38. The van der Waals surface area contributed by atoms with Crippen LogP contribution in [0.1, 0.15) is 64.1 Å². The molecule has 0 saturated carbocycles. The Bertz CT molecular complexity index is 2010. The van der Waals surface area contributed by atoms with Gasteiger partial charge in [0.25, 0.3) is 5.91 Å². The highest BCUT2D eigenvalue weighted by molar-refractivity contribution is 6.03. The normalized spacial score (nSPS) is 15.8. The van der Waals surface area contributed by atoms with Crippen molar-refractivity contribution in [2.24, 2.45) is 5.16 Å². The Morgan fingerprint density at radius 2 is 1.41 bits per heavy atom. The zero-order valence-electron chi connectivity index (χ0n) is 31.5. The van der Waals surface area contributed by atoms with Crippen molar-refractivity contribution >= 4 is 17.3 Å². The molecule has 2 unspecified atom stereocenters. The molecule has 0 fully saturated rings. The summed E-state index contributed by atoms with van der Waals surface area (Å²) < 4.78 is 45.8. The summed E-state index contributed by atoms with van der Waals surface area (Å²) in [5.74, 6) is 4.36. The summed E-state index contributed by atoms with van der Waals surface area (Å²) in [5.41, 5.74) is 5.54. The third-order valence-electron chi connectivity index (χ3n) is 9.14. The first-order valence-electron chi connectivity index (χ1n) is 17.3. The molecule has 6 rings (SSSR count). The van der Waals surface area contributed by atoms with Crippen LogP contribution in [0, 0.1) is 6.92 Å². The summed E-state index contributed by atoms with van der Waals surface area (Å²) in [7, 11) is 9.40. The van der Waals surface area contributed by atoms with Crippen LogP contribution in [0.25, 0.3) is 0 Å². The minimum Gasteiger partial charge on any atom is -0.493 e. The van der Waals surface area contributed by atoms with Crippen LogP contribution >= 0.6 is 0 Å². The fourth-order valence-corrected chi connectivity index (χ4v) is 6.33. The summed E-state index contributed by atoms with van der Waals surface area (Å²) in [6, 6.07) is 18.7. The molecule has 2 N–H and O–H groups in total. The van der Waals surface area contributed by atoms with Crippen LogP contribution < -0.4 is 48.5 Å². The maximum absolute atomic E-state index is 12.8. The minimum absolute atomic E-state index is 0.134. The molecule has 4 aromatic rings. The van der Waals surface area contributed by atoms with Gasteiger partial charge in [-0.3, -0.25) is 4.79 Å². The van der Waals surface area contributed by atoms with Crippen molar-refractivity contribution < 1.29 is 47.5 Å². The van der Waals surface area contributed by atoms with Crippen molar-refractivity contribution in [1.82, 2.24) is 5.32 Å². The molecule has 284 valence electrons. The fourth-order valence-electron chi connectivity index (χ4n) is 6.33. The zero-order chi connectivity index (χ0) is 38.4. The van der Waals surface area contributed by atoms with Crippen LogP contribution in [0.3, 0.4) is 0 Å². The van der Waals surface area contributed by atoms with Crippen molar-refractivity contribution in [2.75, 3.05) is 54.6 Å². The van der Waals surface area contributed by atoms with Crippen LogP contribution in [-0.4, -0.2) is 60.9 Å². The second-order valence-electron chi connectivity index (χ2n) is 12.6. The Labute approximate surface area is 314 Å². The molecule has 0 aliphatic carbocycles. The number of methoxy groups -OCH3 is 6. The van der Waals surface area contributed by atoms with Gasteiger partial charge in [-0.05, 0) is 67.4 Å². The van der Waals surface area contributed by atoms with Crippen LogP contribution in [0.15, 0.2) is 78.2 Å². The molecule has 0 saturated heterocycles. The molecular formula is C41H45N3O10. The second-order valence-corrected chi connectivity index (χ2v) is 12.6. The van der Waals surface area contributed by atoms with Crippen LogP contribution in [0.2, 0.25) is 0 Å². The Kier molecular flexibility index (Phi) is 11.5. The number of nitrogens with one attached hydrogen (secondary N) is 2. The summed E-state index contributed by atoms with van der Waals surface area (Å²) in [5, 5.41) is 10.8. The van der Waals surface area contributed by atoms with Gasteiger partial charge in [-0.1, -0.05) is 29.4 Å². The largest absolute Gasteiger partial charge is 0.493 e. The molecule has 2 aliphatic rings. The average molecular weight is 740 g/mol. The highest BCUT2D eigenvalue weighted by Gasteiger charge is 2.29. The van der Waals surface area contributed by atoms with Crippen molar-refractivity contribution in [3.8, 4) is 46.0 Å². The SMILES string of the molecule is C=C(CCCOc1ccc(C2NC(=O)c3cc(C)ccc3N2)cc1OC)Oc1c(OC)cc(C2=NOC(c3cc(OC)c(OC)c(OC)c3)C2)cc1OC. The molecule has 1 amide bonds. The monoisotopic (exact) mass is 739 g/mol. The van der Waals surface area contributed by atoms with Gasteiger partial charge in [0.15, 0.2) is 40.6 Å². The van der Waals surface area contributed by atoms with Crippen molar-refractivity contribution in [3.05, 3.63) is 101 Å². The third-order valence-corrected chi connectivity index (χ3v) is 9.14. The molecule has 0 radical (unpaired) electrons. The van der Waals surface area contributed by atoms with Crippen molar-refractivity contribution in [1.29, 1.82) is 0 Å². The number of carbonyl (C=O) groups is 1. The van der Waals surface area contributed by atoms with E-state index in [1.54, 1.807) is 42.7 Å². The number of anilines is 1. The maximum Gasteiger partial charge on any atom is 0.255 e. The number of carbonyl (C=O) groups excluding carboxylic acids is 1. The molecule has 2 atom stereocenters. The van der Waals surface area contributed by atoms with Crippen LogP contribution in [0.5, 0.6) is 46.0 Å². The van der Waals surface area contributed by atoms with E-state index < -0.39 is 6.17 Å². The van der Waals surface area contributed by atoms with E-state index >= 15 is 0 Å². The van der Waals surface area contributed by atoms with Gasteiger partial charge < -0.3 is 53.4 Å². The molecule has 2 heterocycles. The Hall–Kier alpha value is -6.24. The smallest absolute Gasteiger partial charge is 0.255 e. The predicted octanol–water partition coefficient (Wildman–Crippen LogP) is 7.52. The number of benzene rings is 4. The van der Waals surface area contributed by atoms with Gasteiger partial charge in [0, 0.05) is 29.7 Å². The second kappa shape index (κ2) is 16.6. The zero-order valence-corrected chi connectivity index (χ0v) is 31.5. The van der Waals surface area contributed by atoms with E-state index in [2.05, 4.69) is 22.4 Å². The number of ether oxygens (including phenoxy) is 8. The standard InChI is InChI=1S/C41H45N3O10/c1-23-11-13-29-28(16-23)41(45)43-40(42-29)25-12-14-31(33(17-25)46-3)52-15-9-10-24(2)53-39-36(49-6)18-26(19-37(39)50-7)30-22-32(54-44-30)27-20-34(47-4)38(51-8)35(21-27)48-5/h11-14,16-21,32,40,42H,2,9-10,15,22H2,1,3-8H3,(H,43,45).